The summed E-state index contributed by atoms with van der Waals surface area (Å²) in [6.45, 7) is 3.61. The second-order valence-corrected chi connectivity index (χ2v) is 4.01. The Morgan fingerprint density at radius 3 is 2.78 bits per heavy atom. The van der Waals surface area contributed by atoms with Crippen molar-refractivity contribution in [3.63, 3.8) is 0 Å². The third-order valence-electron chi connectivity index (χ3n) is 2.75. The number of nitrogens with zero attached hydrogens (tertiary/aromatic N) is 2. The van der Waals surface area contributed by atoms with E-state index < -0.39 is 0 Å². The van der Waals surface area contributed by atoms with Gasteiger partial charge in [-0.25, -0.2) is 4.63 Å². The fourth-order valence-electron chi connectivity index (χ4n) is 1.75. The Bertz CT molecular complexity index is 553. The van der Waals surface area contributed by atoms with Crippen molar-refractivity contribution < 1.29 is 14.1 Å². The van der Waals surface area contributed by atoms with Crippen LogP contribution in [0.5, 0.6) is 11.5 Å². The molecule has 0 saturated carbocycles. The zero-order chi connectivity index (χ0) is 12.4. The van der Waals surface area contributed by atoms with Gasteiger partial charge in [0.1, 0.15) is 24.6 Å². The molecule has 0 saturated heterocycles. The van der Waals surface area contributed by atoms with Crippen LogP contribution in [-0.2, 0) is 6.54 Å². The molecule has 2 aromatic rings. The molecule has 0 fully saturated rings. The predicted octanol–water partition coefficient (Wildman–Crippen LogP) is 1.76. The van der Waals surface area contributed by atoms with E-state index in [1.165, 1.54) is 0 Å². The molecule has 6 nitrogen and oxygen atoms in total. The summed E-state index contributed by atoms with van der Waals surface area (Å²) >= 11 is 0. The molecule has 3 rings (SSSR count). The Morgan fingerprint density at radius 2 is 2.00 bits per heavy atom. The molecule has 0 unspecified atom stereocenters. The third kappa shape index (κ3) is 2.09. The van der Waals surface area contributed by atoms with Crippen molar-refractivity contribution >= 4 is 5.69 Å². The van der Waals surface area contributed by atoms with Gasteiger partial charge in [0.05, 0.1) is 6.54 Å². The fourth-order valence-corrected chi connectivity index (χ4v) is 1.75. The molecule has 6 heteroatoms. The zero-order valence-corrected chi connectivity index (χ0v) is 9.97. The molecule has 1 aliphatic heterocycles. The molecule has 94 valence electrons. The van der Waals surface area contributed by atoms with Crippen molar-refractivity contribution in [2.75, 3.05) is 18.5 Å². The highest BCUT2D eigenvalue weighted by Gasteiger charge is 2.12. The van der Waals surface area contributed by atoms with Crippen LogP contribution < -0.4 is 14.8 Å². The SMILES string of the molecule is Cc1nonc1CNc1ccc2c(c1)OCCO2. The van der Waals surface area contributed by atoms with Crippen LogP contribution in [0.15, 0.2) is 22.8 Å². The topological polar surface area (TPSA) is 69.4 Å². The lowest BCUT2D eigenvalue weighted by atomic mass is 10.2. The van der Waals surface area contributed by atoms with E-state index in [0.717, 1.165) is 28.6 Å². The Morgan fingerprint density at radius 1 is 1.17 bits per heavy atom. The minimum absolute atomic E-state index is 0.564. The van der Waals surface area contributed by atoms with E-state index >= 15 is 0 Å². The smallest absolute Gasteiger partial charge is 0.163 e. The minimum atomic E-state index is 0.564. The number of rotatable bonds is 3. The molecular weight excluding hydrogens is 234 g/mol. The molecule has 0 spiro atoms. The van der Waals surface area contributed by atoms with Crippen molar-refractivity contribution in [2.45, 2.75) is 13.5 Å². The van der Waals surface area contributed by atoms with Gasteiger partial charge in [-0.15, -0.1) is 0 Å². The maximum absolute atomic E-state index is 5.51. The maximum Gasteiger partial charge on any atom is 0.163 e. The van der Waals surface area contributed by atoms with Crippen LogP contribution in [0.2, 0.25) is 0 Å². The molecule has 1 aromatic heterocycles. The average Bonchev–Trinajstić information content (AvgIpc) is 2.82. The number of anilines is 1. The number of hydrogen-bond acceptors (Lipinski definition) is 6. The molecule has 0 radical (unpaired) electrons. The molecule has 0 atom stereocenters. The molecule has 18 heavy (non-hydrogen) atoms. The quantitative estimate of drug-likeness (QED) is 0.891. The number of hydrogen-bond donors (Lipinski definition) is 1. The Balaban J connectivity index is 1.71. The number of benzene rings is 1. The summed E-state index contributed by atoms with van der Waals surface area (Å²) in [5, 5.41) is 10.8. The first-order valence-electron chi connectivity index (χ1n) is 5.74. The summed E-state index contributed by atoms with van der Waals surface area (Å²) in [4.78, 5) is 0. The Hall–Kier alpha value is -2.24. The molecule has 1 aliphatic rings. The highest BCUT2D eigenvalue weighted by Crippen LogP contribution is 2.32. The summed E-state index contributed by atoms with van der Waals surface area (Å²) < 4.78 is 15.6. The van der Waals surface area contributed by atoms with Gasteiger partial charge in [0.15, 0.2) is 11.5 Å². The summed E-state index contributed by atoms with van der Waals surface area (Å²) in [7, 11) is 0. The van der Waals surface area contributed by atoms with Crippen molar-refractivity contribution in [3.05, 3.63) is 29.6 Å². The van der Waals surface area contributed by atoms with Gasteiger partial charge in [-0.3, -0.25) is 0 Å². The van der Waals surface area contributed by atoms with Gasteiger partial charge >= 0.3 is 0 Å². The normalized spacial score (nSPS) is 13.4. The van der Waals surface area contributed by atoms with Crippen LogP contribution in [-0.4, -0.2) is 23.5 Å². The predicted molar refractivity (Wildman–Crippen MR) is 63.8 cm³/mol. The lowest BCUT2D eigenvalue weighted by Gasteiger charge is -2.19. The van der Waals surface area contributed by atoms with Crippen molar-refractivity contribution in [2.24, 2.45) is 0 Å². The van der Waals surface area contributed by atoms with E-state index in [9.17, 15) is 0 Å². The highest BCUT2D eigenvalue weighted by molar-refractivity contribution is 5.55. The van der Waals surface area contributed by atoms with Crippen LogP contribution in [0.25, 0.3) is 0 Å². The first-order valence-corrected chi connectivity index (χ1v) is 5.74. The van der Waals surface area contributed by atoms with E-state index in [-0.39, 0.29) is 0 Å². The first kappa shape index (κ1) is 10.9. The standard InChI is InChI=1S/C12H13N3O3/c1-8-10(15-18-14-8)7-13-9-2-3-11-12(6-9)17-5-4-16-11/h2-3,6,13H,4-5,7H2,1H3. The van der Waals surface area contributed by atoms with Gasteiger partial charge < -0.3 is 14.8 Å². The van der Waals surface area contributed by atoms with E-state index in [4.69, 9.17) is 9.47 Å². The second kappa shape index (κ2) is 4.56. The summed E-state index contributed by atoms with van der Waals surface area (Å²) in [5.74, 6) is 1.55. The van der Waals surface area contributed by atoms with Gasteiger partial charge in [-0.1, -0.05) is 10.3 Å². The molecule has 1 aromatic carbocycles. The van der Waals surface area contributed by atoms with Crippen LogP contribution in [0.1, 0.15) is 11.4 Å². The van der Waals surface area contributed by atoms with Gasteiger partial charge in [-0.2, -0.15) is 0 Å². The lowest BCUT2D eigenvalue weighted by molar-refractivity contribution is 0.171. The van der Waals surface area contributed by atoms with E-state index in [0.29, 0.717) is 19.8 Å². The number of aryl methyl sites for hydroxylation is 1. The molecule has 0 bridgehead atoms. The van der Waals surface area contributed by atoms with Crippen molar-refractivity contribution in [1.29, 1.82) is 0 Å². The molecule has 2 heterocycles. The van der Waals surface area contributed by atoms with Crippen molar-refractivity contribution in [1.82, 2.24) is 10.3 Å². The largest absolute Gasteiger partial charge is 0.486 e. The fraction of sp³-hybridized carbons (Fsp3) is 0.333. The van der Waals surface area contributed by atoms with E-state index in [2.05, 4.69) is 20.3 Å². The summed E-state index contributed by atoms with van der Waals surface area (Å²) in [6.07, 6.45) is 0. The monoisotopic (exact) mass is 247 g/mol. The molecule has 0 aliphatic carbocycles. The van der Waals surface area contributed by atoms with Gasteiger partial charge in [0, 0.05) is 11.8 Å². The van der Waals surface area contributed by atoms with E-state index in [1.807, 2.05) is 25.1 Å². The number of fused-ring (bicyclic) bond motifs is 1. The van der Waals surface area contributed by atoms with E-state index in [1.54, 1.807) is 0 Å². The highest BCUT2D eigenvalue weighted by atomic mass is 16.6. The van der Waals surface area contributed by atoms with Crippen molar-refractivity contribution in [3.8, 4) is 11.5 Å². The number of aromatic nitrogens is 2. The van der Waals surface area contributed by atoms with Crippen LogP contribution in [0.3, 0.4) is 0 Å². The number of nitrogens with one attached hydrogen (secondary N) is 1. The minimum Gasteiger partial charge on any atom is -0.486 e. The van der Waals surface area contributed by atoms with Gasteiger partial charge in [0.25, 0.3) is 0 Å². The van der Waals surface area contributed by atoms with Crippen LogP contribution in [0.4, 0.5) is 5.69 Å². The maximum atomic E-state index is 5.51. The first-order chi connectivity index (χ1) is 8.83. The Kier molecular flexibility index (Phi) is 2.76. The molecular formula is C12H13N3O3. The Labute approximate surface area is 104 Å². The molecule has 1 N–H and O–H groups in total. The number of ether oxygens (including phenoxy) is 2. The van der Waals surface area contributed by atoms with Gasteiger partial charge in [-0.05, 0) is 19.1 Å². The third-order valence-corrected chi connectivity index (χ3v) is 2.75. The van der Waals surface area contributed by atoms with Crippen LogP contribution in [0, 0.1) is 6.92 Å². The molecule has 0 amide bonds. The zero-order valence-electron chi connectivity index (χ0n) is 9.97. The summed E-state index contributed by atoms with van der Waals surface area (Å²) in [5.41, 5.74) is 2.53. The average molecular weight is 247 g/mol. The van der Waals surface area contributed by atoms with Gasteiger partial charge in [0.2, 0.25) is 0 Å². The van der Waals surface area contributed by atoms with Crippen LogP contribution >= 0.6 is 0 Å². The summed E-state index contributed by atoms with van der Waals surface area (Å²) in [6, 6.07) is 5.75. The lowest BCUT2D eigenvalue weighted by Crippen LogP contribution is -2.15. The second-order valence-electron chi connectivity index (χ2n) is 4.01.